The minimum Gasteiger partial charge on any atom is -0.207 e. The van der Waals surface area contributed by atoms with Crippen LogP contribution in [0.25, 0.3) is 0 Å². The molecule has 0 saturated carbocycles. The lowest BCUT2D eigenvalue weighted by atomic mass is 10.1. The predicted octanol–water partition coefficient (Wildman–Crippen LogP) is 4.27. The lowest BCUT2D eigenvalue weighted by Gasteiger charge is -2.27. The van der Waals surface area contributed by atoms with Crippen LogP contribution in [0.3, 0.4) is 0 Å². The number of benzene rings is 1. The highest BCUT2D eigenvalue weighted by molar-refractivity contribution is 9.10. The molecule has 1 fully saturated rings. The molecule has 1 aliphatic heterocycles. The molecule has 1 aliphatic rings. The molecule has 7 heteroatoms. The van der Waals surface area contributed by atoms with Crippen LogP contribution in [0.1, 0.15) is 25.7 Å². The molecule has 1 aromatic carbocycles. The van der Waals surface area contributed by atoms with E-state index in [4.69, 9.17) is 23.2 Å². The van der Waals surface area contributed by atoms with E-state index in [1.807, 2.05) is 0 Å². The smallest absolute Gasteiger partial charge is 0.207 e. The van der Waals surface area contributed by atoms with Crippen molar-refractivity contribution < 1.29 is 8.42 Å². The maximum Gasteiger partial charge on any atom is 0.243 e. The Kier molecular flexibility index (Phi) is 5.77. The summed E-state index contributed by atoms with van der Waals surface area (Å²) in [6.07, 6.45) is 3.76. The van der Waals surface area contributed by atoms with E-state index < -0.39 is 10.0 Å². The van der Waals surface area contributed by atoms with Gasteiger partial charge in [0.1, 0.15) is 0 Å². The van der Waals surface area contributed by atoms with Gasteiger partial charge in [-0.3, -0.25) is 0 Å². The van der Waals surface area contributed by atoms with Crippen LogP contribution in [-0.4, -0.2) is 31.2 Å². The normalized spacial score (nSPS) is 21.6. The van der Waals surface area contributed by atoms with Crippen molar-refractivity contribution in [2.75, 3.05) is 12.4 Å². The number of nitrogens with zero attached hydrogens (tertiary/aromatic N) is 1. The average molecular weight is 401 g/mol. The van der Waals surface area contributed by atoms with Crippen LogP contribution in [0, 0.1) is 0 Å². The molecule has 112 valence electrons. The second kappa shape index (κ2) is 6.97. The van der Waals surface area contributed by atoms with Gasteiger partial charge in [-0.15, -0.1) is 11.6 Å². The number of rotatable bonds is 3. The Morgan fingerprint density at radius 2 is 2.05 bits per heavy atom. The highest BCUT2D eigenvalue weighted by Gasteiger charge is 2.32. The first-order valence-corrected chi connectivity index (χ1v) is 9.64. The van der Waals surface area contributed by atoms with Gasteiger partial charge in [0.05, 0.1) is 9.92 Å². The summed E-state index contributed by atoms with van der Waals surface area (Å²) in [6, 6.07) is 4.55. The van der Waals surface area contributed by atoms with Crippen LogP contribution >= 0.6 is 39.1 Å². The average Bonchev–Trinajstić information content (AvgIpc) is 2.67. The van der Waals surface area contributed by atoms with E-state index in [0.717, 1.165) is 25.7 Å². The lowest BCUT2D eigenvalue weighted by Crippen LogP contribution is -2.41. The molecule has 0 N–H and O–H groups in total. The SMILES string of the molecule is O=S(=O)(c1ccc(Cl)c(Br)c1)N1CCCCCC1CCl. The van der Waals surface area contributed by atoms with Crippen molar-refractivity contribution in [3.05, 3.63) is 27.7 Å². The first kappa shape index (κ1) is 16.6. The van der Waals surface area contributed by atoms with Gasteiger partial charge >= 0.3 is 0 Å². The molecule has 0 spiro atoms. The van der Waals surface area contributed by atoms with Crippen LogP contribution in [0.5, 0.6) is 0 Å². The van der Waals surface area contributed by atoms with E-state index in [-0.39, 0.29) is 10.9 Å². The van der Waals surface area contributed by atoms with E-state index in [9.17, 15) is 8.42 Å². The largest absolute Gasteiger partial charge is 0.243 e. The zero-order chi connectivity index (χ0) is 14.8. The van der Waals surface area contributed by atoms with Crippen molar-refractivity contribution in [2.24, 2.45) is 0 Å². The quantitative estimate of drug-likeness (QED) is 0.710. The number of alkyl halides is 1. The highest BCUT2D eigenvalue weighted by Crippen LogP contribution is 2.30. The van der Waals surface area contributed by atoms with Crippen LogP contribution in [0.15, 0.2) is 27.6 Å². The Hall–Kier alpha value is 0.190. The third-order valence-electron chi connectivity index (χ3n) is 3.50. The minimum atomic E-state index is -3.53. The van der Waals surface area contributed by atoms with Gasteiger partial charge < -0.3 is 0 Å². The maximum atomic E-state index is 12.8. The van der Waals surface area contributed by atoms with Gasteiger partial charge in [0.15, 0.2) is 0 Å². The first-order chi connectivity index (χ1) is 9.46. The molecule has 1 atom stereocenters. The van der Waals surface area contributed by atoms with E-state index in [1.54, 1.807) is 22.5 Å². The van der Waals surface area contributed by atoms with Gasteiger partial charge in [0.25, 0.3) is 0 Å². The maximum absolute atomic E-state index is 12.8. The van der Waals surface area contributed by atoms with Crippen LogP contribution < -0.4 is 0 Å². The molecule has 20 heavy (non-hydrogen) atoms. The first-order valence-electron chi connectivity index (χ1n) is 6.49. The summed E-state index contributed by atoms with van der Waals surface area (Å²) in [5.41, 5.74) is 0. The van der Waals surface area contributed by atoms with Crippen LogP contribution in [-0.2, 0) is 10.0 Å². The second-order valence-corrected chi connectivity index (χ2v) is 8.31. The molecule has 0 bridgehead atoms. The Morgan fingerprint density at radius 3 is 2.70 bits per heavy atom. The fourth-order valence-corrected chi connectivity index (χ4v) is 5.16. The van der Waals surface area contributed by atoms with Gasteiger partial charge in [-0.05, 0) is 47.0 Å². The summed E-state index contributed by atoms with van der Waals surface area (Å²) in [6.45, 7) is 0.528. The van der Waals surface area contributed by atoms with Crippen molar-refractivity contribution in [3.8, 4) is 0 Å². The molecule has 2 rings (SSSR count). The van der Waals surface area contributed by atoms with Crippen molar-refractivity contribution in [3.63, 3.8) is 0 Å². The molecule has 1 unspecified atom stereocenters. The number of hydrogen-bond donors (Lipinski definition) is 0. The van der Waals surface area contributed by atoms with Crippen molar-refractivity contribution in [1.29, 1.82) is 0 Å². The fraction of sp³-hybridized carbons (Fsp3) is 0.538. The zero-order valence-electron chi connectivity index (χ0n) is 10.9. The molecule has 1 heterocycles. The Bertz CT molecular complexity index is 580. The molecule has 3 nitrogen and oxygen atoms in total. The molecule has 0 amide bonds. The summed E-state index contributed by atoms with van der Waals surface area (Å²) in [5, 5.41) is 0.494. The van der Waals surface area contributed by atoms with Gasteiger partial charge in [0.2, 0.25) is 10.0 Å². The van der Waals surface area contributed by atoms with E-state index in [1.165, 1.54) is 0 Å². The fourth-order valence-electron chi connectivity index (χ4n) is 2.39. The zero-order valence-corrected chi connectivity index (χ0v) is 14.8. The molecular formula is C13H16BrCl2NO2S. The van der Waals surface area contributed by atoms with E-state index >= 15 is 0 Å². The number of hydrogen-bond acceptors (Lipinski definition) is 2. The van der Waals surface area contributed by atoms with Gasteiger partial charge in [0, 0.05) is 22.9 Å². The van der Waals surface area contributed by atoms with Crippen molar-refractivity contribution in [1.82, 2.24) is 4.31 Å². The summed E-state index contributed by atoms with van der Waals surface area (Å²) in [7, 11) is -3.53. The summed E-state index contributed by atoms with van der Waals surface area (Å²) < 4.78 is 27.7. The van der Waals surface area contributed by atoms with E-state index in [2.05, 4.69) is 15.9 Å². The van der Waals surface area contributed by atoms with Gasteiger partial charge in [-0.2, -0.15) is 4.31 Å². The van der Waals surface area contributed by atoms with Crippen molar-refractivity contribution >= 4 is 49.2 Å². The molecular weight excluding hydrogens is 385 g/mol. The van der Waals surface area contributed by atoms with Crippen molar-refractivity contribution in [2.45, 2.75) is 36.6 Å². The Labute approximate surface area is 138 Å². The molecule has 0 aromatic heterocycles. The van der Waals surface area contributed by atoms with Gasteiger partial charge in [-0.1, -0.05) is 24.4 Å². The summed E-state index contributed by atoms with van der Waals surface area (Å²) in [4.78, 5) is 0.255. The predicted molar refractivity (Wildman–Crippen MR) is 86.0 cm³/mol. The third kappa shape index (κ3) is 3.50. The summed E-state index contributed by atoms with van der Waals surface area (Å²) in [5.74, 6) is 0.327. The van der Waals surface area contributed by atoms with E-state index in [0.29, 0.717) is 21.9 Å². The topological polar surface area (TPSA) is 37.4 Å². The Balaban J connectivity index is 2.38. The molecule has 1 saturated heterocycles. The third-order valence-corrected chi connectivity index (χ3v) is 7.02. The number of halogens is 3. The standard InChI is InChI=1S/C13H16BrCl2NO2S/c14-12-8-11(5-6-13(12)16)20(18,19)17-7-3-1-2-4-10(17)9-15/h5-6,8,10H,1-4,7,9H2. The van der Waals surface area contributed by atoms with Crippen LogP contribution in [0.2, 0.25) is 5.02 Å². The molecule has 0 aliphatic carbocycles. The second-order valence-electron chi connectivity index (χ2n) is 4.85. The molecule has 0 radical (unpaired) electrons. The number of sulfonamides is 1. The lowest BCUT2D eigenvalue weighted by molar-refractivity contribution is 0.345. The molecule has 1 aromatic rings. The summed E-state index contributed by atoms with van der Waals surface area (Å²) >= 11 is 15.2. The monoisotopic (exact) mass is 399 g/mol. The van der Waals surface area contributed by atoms with Crippen LogP contribution in [0.4, 0.5) is 0 Å². The highest BCUT2D eigenvalue weighted by atomic mass is 79.9. The van der Waals surface area contributed by atoms with Gasteiger partial charge in [-0.25, -0.2) is 8.42 Å². The minimum absolute atomic E-state index is 0.126. The Morgan fingerprint density at radius 1 is 1.30 bits per heavy atom.